The van der Waals surface area contributed by atoms with Crippen LogP contribution >= 0.6 is 15.9 Å². The normalized spacial score (nSPS) is 10.6. The van der Waals surface area contributed by atoms with Gasteiger partial charge in [0.25, 0.3) is 0 Å². The van der Waals surface area contributed by atoms with Gasteiger partial charge in [0.1, 0.15) is 11.5 Å². The van der Waals surface area contributed by atoms with Crippen molar-refractivity contribution in [2.75, 3.05) is 0 Å². The van der Waals surface area contributed by atoms with Crippen LogP contribution in [0.1, 0.15) is 10.4 Å². The fourth-order valence-electron chi connectivity index (χ4n) is 1.86. The maximum absolute atomic E-state index is 13.3. The summed E-state index contributed by atoms with van der Waals surface area (Å²) in [6.45, 7) is 0. The molecule has 7 heteroatoms. The molecule has 0 saturated carbocycles. The molecular weight excluding hydrogens is 339 g/mol. The van der Waals surface area contributed by atoms with Crippen LogP contribution in [0.2, 0.25) is 0 Å². The van der Waals surface area contributed by atoms with Gasteiger partial charge >= 0.3 is 0 Å². The van der Waals surface area contributed by atoms with E-state index >= 15 is 0 Å². The van der Waals surface area contributed by atoms with Crippen molar-refractivity contribution in [2.45, 2.75) is 0 Å². The van der Waals surface area contributed by atoms with Crippen molar-refractivity contribution in [2.24, 2.45) is 0 Å². The second kappa shape index (κ2) is 5.53. The van der Waals surface area contributed by atoms with Gasteiger partial charge in [-0.15, -0.1) is 0 Å². The van der Waals surface area contributed by atoms with E-state index in [0.29, 0.717) is 28.9 Å². The molecule has 3 aromatic rings. The minimum Gasteiger partial charge on any atom is -0.298 e. The fourth-order valence-corrected chi connectivity index (χ4v) is 2.09. The van der Waals surface area contributed by atoms with Crippen LogP contribution in [-0.2, 0) is 0 Å². The zero-order valence-corrected chi connectivity index (χ0v) is 12.2. The summed E-state index contributed by atoms with van der Waals surface area (Å²) in [6.07, 6.45) is 6.39. The molecule has 0 unspecified atom stereocenters. The predicted molar refractivity (Wildman–Crippen MR) is 77.6 cm³/mol. The molecule has 0 aliphatic carbocycles. The molecule has 3 heterocycles. The topological polar surface area (TPSA) is 60.7 Å². The Balaban J connectivity index is 2.10. The van der Waals surface area contributed by atoms with E-state index in [2.05, 4.69) is 31.0 Å². The van der Waals surface area contributed by atoms with E-state index in [1.165, 1.54) is 16.9 Å². The number of halogens is 2. The van der Waals surface area contributed by atoms with E-state index in [-0.39, 0.29) is 0 Å². The monoisotopic (exact) mass is 346 g/mol. The average molecular weight is 347 g/mol. The molecule has 0 aromatic carbocycles. The Bertz CT molecular complexity index is 801. The van der Waals surface area contributed by atoms with Crippen molar-refractivity contribution in [3.63, 3.8) is 0 Å². The summed E-state index contributed by atoms with van der Waals surface area (Å²) in [5.74, 6) is 0.0672. The summed E-state index contributed by atoms with van der Waals surface area (Å²) in [7, 11) is 0. The first kappa shape index (κ1) is 13.6. The van der Waals surface area contributed by atoms with Gasteiger partial charge in [0.15, 0.2) is 12.1 Å². The Labute approximate surface area is 127 Å². The Morgan fingerprint density at radius 1 is 1.24 bits per heavy atom. The number of aldehydes is 1. The quantitative estimate of drug-likeness (QED) is 0.684. The van der Waals surface area contributed by atoms with Crippen molar-refractivity contribution < 1.29 is 9.18 Å². The lowest BCUT2D eigenvalue weighted by Gasteiger charge is -2.00. The maximum atomic E-state index is 13.3. The Morgan fingerprint density at radius 2 is 2.10 bits per heavy atom. The summed E-state index contributed by atoms with van der Waals surface area (Å²) < 4.78 is 15.6. The molecule has 0 radical (unpaired) electrons. The smallest absolute Gasteiger partial charge is 0.153 e. The van der Waals surface area contributed by atoms with Gasteiger partial charge in [-0.3, -0.25) is 9.78 Å². The van der Waals surface area contributed by atoms with Crippen molar-refractivity contribution in [3.05, 3.63) is 58.8 Å². The number of rotatable bonds is 3. The van der Waals surface area contributed by atoms with Crippen LogP contribution in [0.4, 0.5) is 4.39 Å². The van der Waals surface area contributed by atoms with Gasteiger partial charge in [-0.25, -0.2) is 14.1 Å². The largest absolute Gasteiger partial charge is 0.298 e. The van der Waals surface area contributed by atoms with Crippen molar-refractivity contribution in [1.82, 2.24) is 19.7 Å². The number of aromatic nitrogens is 4. The number of nitrogens with zero attached hydrogens (tertiary/aromatic N) is 4. The third-order valence-electron chi connectivity index (χ3n) is 2.79. The van der Waals surface area contributed by atoms with Gasteiger partial charge in [-0.05, 0) is 34.1 Å². The first-order chi connectivity index (χ1) is 10.2. The van der Waals surface area contributed by atoms with Gasteiger partial charge in [0, 0.05) is 28.6 Å². The Morgan fingerprint density at radius 3 is 2.76 bits per heavy atom. The van der Waals surface area contributed by atoms with Gasteiger partial charge < -0.3 is 0 Å². The SMILES string of the molecule is O=Cc1cn(-c2ccc(Br)cn2)nc1-c1cncc(F)c1. The fraction of sp³-hybridized carbons (Fsp3) is 0. The molecule has 3 aromatic heterocycles. The van der Waals surface area contributed by atoms with E-state index < -0.39 is 5.82 Å². The second-order valence-corrected chi connectivity index (χ2v) is 5.14. The van der Waals surface area contributed by atoms with Crippen LogP contribution in [-0.4, -0.2) is 26.0 Å². The van der Waals surface area contributed by atoms with E-state index in [1.807, 2.05) is 6.07 Å². The van der Waals surface area contributed by atoms with Crippen LogP contribution in [0.15, 0.2) is 47.5 Å². The third kappa shape index (κ3) is 2.73. The molecule has 0 aliphatic heterocycles. The van der Waals surface area contributed by atoms with E-state index in [1.54, 1.807) is 18.5 Å². The van der Waals surface area contributed by atoms with Crippen LogP contribution in [0.25, 0.3) is 17.1 Å². The third-order valence-corrected chi connectivity index (χ3v) is 3.26. The molecule has 0 aliphatic rings. The Kier molecular flexibility index (Phi) is 3.57. The van der Waals surface area contributed by atoms with Crippen LogP contribution in [0.5, 0.6) is 0 Å². The molecule has 0 atom stereocenters. The highest BCUT2D eigenvalue weighted by Gasteiger charge is 2.13. The molecule has 0 bridgehead atoms. The summed E-state index contributed by atoms with van der Waals surface area (Å²) in [6, 6.07) is 4.84. The second-order valence-electron chi connectivity index (χ2n) is 4.22. The summed E-state index contributed by atoms with van der Waals surface area (Å²) in [4.78, 5) is 19.2. The molecule has 0 saturated heterocycles. The lowest BCUT2D eigenvalue weighted by atomic mass is 10.1. The predicted octanol–water partition coefficient (Wildman–Crippen LogP) is 3.04. The number of pyridine rings is 2. The van der Waals surface area contributed by atoms with Crippen LogP contribution in [0, 0.1) is 5.82 Å². The number of carbonyl (C=O) groups excluding carboxylic acids is 1. The van der Waals surface area contributed by atoms with Gasteiger partial charge in [-0.1, -0.05) is 0 Å². The molecule has 21 heavy (non-hydrogen) atoms. The lowest BCUT2D eigenvalue weighted by molar-refractivity contribution is 0.112. The molecule has 0 N–H and O–H groups in total. The Hall–Kier alpha value is -2.41. The number of hydrogen-bond donors (Lipinski definition) is 0. The van der Waals surface area contributed by atoms with Crippen molar-refractivity contribution >= 4 is 22.2 Å². The van der Waals surface area contributed by atoms with Gasteiger partial charge in [0.05, 0.1) is 11.8 Å². The number of carbonyl (C=O) groups is 1. The first-order valence-corrected chi connectivity index (χ1v) is 6.74. The zero-order chi connectivity index (χ0) is 14.8. The van der Waals surface area contributed by atoms with E-state index in [4.69, 9.17) is 0 Å². The van der Waals surface area contributed by atoms with Crippen LogP contribution < -0.4 is 0 Å². The highest BCUT2D eigenvalue weighted by molar-refractivity contribution is 9.10. The van der Waals surface area contributed by atoms with Gasteiger partial charge in [0.2, 0.25) is 0 Å². The average Bonchev–Trinajstić information content (AvgIpc) is 2.92. The van der Waals surface area contributed by atoms with Crippen molar-refractivity contribution in [3.8, 4) is 17.1 Å². The maximum Gasteiger partial charge on any atom is 0.153 e. The highest BCUT2D eigenvalue weighted by atomic mass is 79.9. The summed E-state index contributed by atoms with van der Waals surface area (Å²) in [5.41, 5.74) is 1.14. The standard InChI is InChI=1S/C14H8BrFN4O/c15-11-1-2-13(18-5-11)20-7-10(8-21)14(19-20)9-3-12(16)6-17-4-9/h1-8H. The minimum absolute atomic E-state index is 0.340. The molecule has 104 valence electrons. The van der Waals surface area contributed by atoms with E-state index in [0.717, 1.165) is 10.7 Å². The van der Waals surface area contributed by atoms with Gasteiger partial charge in [-0.2, -0.15) is 5.10 Å². The molecule has 0 spiro atoms. The van der Waals surface area contributed by atoms with Crippen molar-refractivity contribution in [1.29, 1.82) is 0 Å². The summed E-state index contributed by atoms with van der Waals surface area (Å²) in [5, 5.41) is 4.29. The van der Waals surface area contributed by atoms with E-state index in [9.17, 15) is 9.18 Å². The molecular formula is C14H8BrFN4O. The van der Waals surface area contributed by atoms with Crippen LogP contribution in [0.3, 0.4) is 0 Å². The minimum atomic E-state index is -0.485. The molecule has 3 rings (SSSR count). The summed E-state index contributed by atoms with van der Waals surface area (Å²) >= 11 is 3.30. The molecule has 5 nitrogen and oxygen atoms in total. The molecule has 0 amide bonds. The zero-order valence-electron chi connectivity index (χ0n) is 10.6. The number of hydrogen-bond acceptors (Lipinski definition) is 4. The molecule has 0 fully saturated rings. The lowest BCUT2D eigenvalue weighted by Crippen LogP contribution is -1.97. The first-order valence-electron chi connectivity index (χ1n) is 5.95. The highest BCUT2D eigenvalue weighted by Crippen LogP contribution is 2.22.